The Bertz CT molecular complexity index is 857. The van der Waals surface area contributed by atoms with Gasteiger partial charge in [0.15, 0.2) is 6.39 Å². The Morgan fingerprint density at radius 3 is 2.87 bits per heavy atom. The number of carbonyl (C=O) groups is 1. The lowest BCUT2D eigenvalue weighted by Gasteiger charge is -2.15. The van der Waals surface area contributed by atoms with Crippen LogP contribution in [0.3, 0.4) is 0 Å². The number of rotatable bonds is 4. The number of oxazole rings is 1. The molecule has 1 aromatic carbocycles. The number of fused-ring (bicyclic) bond motifs is 1. The molecule has 2 aromatic rings. The average molecular weight is 335 g/mol. The number of anilines is 1. The van der Waals surface area contributed by atoms with Gasteiger partial charge in [0.05, 0.1) is 17.1 Å². The molecular weight excluding hydrogens is 318 g/mol. The van der Waals surface area contributed by atoms with Gasteiger partial charge in [-0.2, -0.15) is 0 Å². The summed E-state index contributed by atoms with van der Waals surface area (Å²) in [6.07, 6.45) is 1.93. The van der Waals surface area contributed by atoms with Gasteiger partial charge in [-0.1, -0.05) is 0 Å². The number of aromatic nitrogens is 1. The highest BCUT2D eigenvalue weighted by molar-refractivity contribution is 7.89. The van der Waals surface area contributed by atoms with Crippen molar-refractivity contribution in [3.05, 3.63) is 41.6 Å². The van der Waals surface area contributed by atoms with Crippen molar-refractivity contribution in [3.63, 3.8) is 0 Å². The molecule has 8 heteroatoms. The van der Waals surface area contributed by atoms with Crippen LogP contribution in [0.1, 0.15) is 23.9 Å². The van der Waals surface area contributed by atoms with Crippen molar-refractivity contribution in [1.82, 2.24) is 9.71 Å². The lowest BCUT2D eigenvalue weighted by Crippen LogP contribution is -2.26. The molecular formula is C15H17N3O4S. The highest BCUT2D eigenvalue weighted by Crippen LogP contribution is 2.30. The summed E-state index contributed by atoms with van der Waals surface area (Å²) >= 11 is 0. The minimum absolute atomic E-state index is 0.0433. The molecule has 1 aliphatic rings. The monoisotopic (exact) mass is 335 g/mol. The molecule has 0 saturated heterocycles. The Kier molecular flexibility index (Phi) is 3.95. The van der Waals surface area contributed by atoms with Crippen LogP contribution in [-0.4, -0.2) is 25.9 Å². The van der Waals surface area contributed by atoms with E-state index in [2.05, 4.69) is 9.71 Å². The maximum Gasteiger partial charge on any atom is 0.240 e. The summed E-state index contributed by atoms with van der Waals surface area (Å²) in [6.45, 7) is 3.88. The first-order valence-electron chi connectivity index (χ1n) is 7.18. The zero-order chi connectivity index (χ0) is 16.6. The molecule has 2 heterocycles. The van der Waals surface area contributed by atoms with Gasteiger partial charge in [-0.25, -0.2) is 18.1 Å². The molecule has 0 saturated carbocycles. The topological polar surface area (TPSA) is 92.5 Å². The molecule has 1 aliphatic heterocycles. The summed E-state index contributed by atoms with van der Waals surface area (Å²) in [5.74, 6) is 0.441. The van der Waals surface area contributed by atoms with Crippen LogP contribution in [0.4, 0.5) is 5.69 Å². The molecule has 1 amide bonds. The number of benzene rings is 1. The molecule has 7 nitrogen and oxygen atoms in total. The van der Waals surface area contributed by atoms with Gasteiger partial charge in [0.1, 0.15) is 5.76 Å². The number of hydrogen-bond acceptors (Lipinski definition) is 5. The summed E-state index contributed by atoms with van der Waals surface area (Å²) in [6, 6.07) is 4.81. The summed E-state index contributed by atoms with van der Waals surface area (Å²) in [4.78, 5) is 17.3. The predicted octanol–water partition coefficient (Wildman–Crippen LogP) is 1.37. The van der Waals surface area contributed by atoms with Gasteiger partial charge in [0.25, 0.3) is 0 Å². The van der Waals surface area contributed by atoms with Gasteiger partial charge < -0.3 is 9.32 Å². The van der Waals surface area contributed by atoms with E-state index >= 15 is 0 Å². The summed E-state index contributed by atoms with van der Waals surface area (Å²) in [7, 11) is -3.65. The van der Waals surface area contributed by atoms with Gasteiger partial charge >= 0.3 is 0 Å². The van der Waals surface area contributed by atoms with Crippen molar-refractivity contribution in [1.29, 1.82) is 0 Å². The van der Waals surface area contributed by atoms with Gasteiger partial charge in [-0.3, -0.25) is 4.79 Å². The van der Waals surface area contributed by atoms with Gasteiger partial charge in [-0.15, -0.1) is 0 Å². The maximum atomic E-state index is 12.4. The van der Waals surface area contributed by atoms with Gasteiger partial charge in [-0.05, 0) is 37.1 Å². The third kappa shape index (κ3) is 2.99. The van der Waals surface area contributed by atoms with Crippen LogP contribution in [0.25, 0.3) is 0 Å². The molecule has 122 valence electrons. The highest BCUT2D eigenvalue weighted by atomic mass is 32.2. The van der Waals surface area contributed by atoms with E-state index in [1.807, 2.05) is 0 Å². The third-order valence-electron chi connectivity index (χ3n) is 3.90. The second-order valence-electron chi connectivity index (χ2n) is 5.40. The molecule has 0 aliphatic carbocycles. The van der Waals surface area contributed by atoms with Gasteiger partial charge in [0, 0.05) is 19.2 Å². The Hall–Kier alpha value is -2.19. The Morgan fingerprint density at radius 1 is 1.43 bits per heavy atom. The molecule has 0 radical (unpaired) electrons. The number of hydrogen-bond donors (Lipinski definition) is 1. The summed E-state index contributed by atoms with van der Waals surface area (Å²) in [5.41, 5.74) is 2.29. The second kappa shape index (κ2) is 5.78. The lowest BCUT2D eigenvalue weighted by atomic mass is 10.2. The van der Waals surface area contributed by atoms with Crippen LogP contribution in [0.2, 0.25) is 0 Å². The van der Waals surface area contributed by atoms with Crippen molar-refractivity contribution < 1.29 is 17.6 Å². The quantitative estimate of drug-likeness (QED) is 0.911. The number of amides is 1. The van der Waals surface area contributed by atoms with Crippen LogP contribution in [0.5, 0.6) is 0 Å². The fraction of sp³-hybridized carbons (Fsp3) is 0.333. The maximum absolute atomic E-state index is 12.4. The van der Waals surface area contributed by atoms with E-state index in [4.69, 9.17) is 4.42 Å². The third-order valence-corrected chi connectivity index (χ3v) is 5.30. The van der Waals surface area contributed by atoms with Crippen molar-refractivity contribution in [2.24, 2.45) is 0 Å². The zero-order valence-corrected chi connectivity index (χ0v) is 13.7. The number of sulfonamides is 1. The molecule has 3 rings (SSSR count). The van der Waals surface area contributed by atoms with E-state index in [0.717, 1.165) is 11.3 Å². The standard InChI is InChI=1S/C15H17N3O4S/c1-10-15(22-9-16-10)8-17-23(20,21)13-3-4-14-12(7-13)5-6-18(14)11(2)19/h3-4,7,9,17H,5-6,8H2,1-2H3. The van der Waals surface area contributed by atoms with Crippen molar-refractivity contribution in [2.75, 3.05) is 11.4 Å². The van der Waals surface area contributed by atoms with Crippen LogP contribution in [-0.2, 0) is 27.8 Å². The highest BCUT2D eigenvalue weighted by Gasteiger charge is 2.24. The lowest BCUT2D eigenvalue weighted by molar-refractivity contribution is -0.116. The molecule has 0 atom stereocenters. The molecule has 0 spiro atoms. The van der Waals surface area contributed by atoms with Gasteiger partial charge in [0.2, 0.25) is 15.9 Å². The van der Waals surface area contributed by atoms with E-state index in [9.17, 15) is 13.2 Å². The predicted molar refractivity (Wildman–Crippen MR) is 83.4 cm³/mol. The fourth-order valence-electron chi connectivity index (χ4n) is 2.61. The van der Waals surface area contributed by atoms with Crippen molar-refractivity contribution in [2.45, 2.75) is 31.7 Å². The van der Waals surface area contributed by atoms with E-state index in [1.54, 1.807) is 24.0 Å². The first-order valence-corrected chi connectivity index (χ1v) is 8.66. The number of carbonyl (C=O) groups excluding carboxylic acids is 1. The number of nitrogens with one attached hydrogen (secondary N) is 1. The molecule has 0 unspecified atom stereocenters. The minimum Gasteiger partial charge on any atom is -0.447 e. The molecule has 0 bridgehead atoms. The van der Waals surface area contributed by atoms with E-state index in [-0.39, 0.29) is 17.3 Å². The normalized spacial score (nSPS) is 14.1. The Morgan fingerprint density at radius 2 is 2.22 bits per heavy atom. The smallest absolute Gasteiger partial charge is 0.240 e. The fourth-order valence-corrected chi connectivity index (χ4v) is 3.64. The molecule has 0 fully saturated rings. The minimum atomic E-state index is -3.65. The van der Waals surface area contributed by atoms with Crippen LogP contribution in [0.15, 0.2) is 33.9 Å². The summed E-state index contributed by atoms with van der Waals surface area (Å²) in [5, 5.41) is 0. The van der Waals surface area contributed by atoms with E-state index in [1.165, 1.54) is 19.4 Å². The Labute approximate surface area is 134 Å². The van der Waals surface area contributed by atoms with E-state index in [0.29, 0.717) is 24.4 Å². The average Bonchev–Trinajstić information content (AvgIpc) is 3.10. The largest absolute Gasteiger partial charge is 0.447 e. The molecule has 1 aromatic heterocycles. The number of nitrogens with zero attached hydrogens (tertiary/aromatic N) is 2. The van der Waals surface area contributed by atoms with E-state index < -0.39 is 10.0 Å². The SMILES string of the molecule is CC(=O)N1CCc2cc(S(=O)(=O)NCc3ocnc3C)ccc21. The first kappa shape index (κ1) is 15.7. The van der Waals surface area contributed by atoms with Crippen molar-refractivity contribution >= 4 is 21.6 Å². The summed E-state index contributed by atoms with van der Waals surface area (Å²) < 4.78 is 32.4. The van der Waals surface area contributed by atoms with Crippen LogP contribution >= 0.6 is 0 Å². The molecule has 23 heavy (non-hydrogen) atoms. The second-order valence-corrected chi connectivity index (χ2v) is 7.16. The zero-order valence-electron chi connectivity index (χ0n) is 12.9. The van der Waals surface area contributed by atoms with Crippen LogP contribution < -0.4 is 9.62 Å². The first-order chi connectivity index (χ1) is 10.9. The molecule has 1 N–H and O–H groups in total. The van der Waals surface area contributed by atoms with Crippen LogP contribution in [0, 0.1) is 6.92 Å². The number of aryl methyl sites for hydroxylation is 1. The Balaban J connectivity index is 1.81. The van der Waals surface area contributed by atoms with Crippen molar-refractivity contribution in [3.8, 4) is 0 Å².